The van der Waals surface area contributed by atoms with Crippen LogP contribution >= 0.6 is 0 Å². The highest BCUT2D eigenvalue weighted by Gasteiger charge is 2.72. The summed E-state index contributed by atoms with van der Waals surface area (Å²) in [6, 6.07) is 67.8. The van der Waals surface area contributed by atoms with Gasteiger partial charge in [-0.05, 0) is 127 Å². The van der Waals surface area contributed by atoms with Gasteiger partial charge in [0.05, 0.1) is 22.3 Å². The monoisotopic (exact) mass is 1080 g/mol. The molecule has 1 aliphatic carbocycles. The fourth-order valence-electron chi connectivity index (χ4n) is 16.0. The Hall–Kier alpha value is -10.1. The zero-order chi connectivity index (χ0) is 55.2. The molecule has 3 nitrogen and oxygen atoms in total. The van der Waals surface area contributed by atoms with Gasteiger partial charge in [-0.25, -0.2) is 17.6 Å². The van der Waals surface area contributed by atoms with Crippen molar-refractivity contribution in [3.05, 3.63) is 306 Å². The molecule has 3 aromatic heterocycles. The highest BCUT2D eigenvalue weighted by atomic mass is 19.1. The standard InChI is InChI=1S/C76H46F4N3/c1-43-31-64-57-19-9-6-15-53(57)47-27-29-68(81(43)40-47)71-49(33-51(77)35-66(71)79)32-50-38-75-63-22-12-11-21-59(63)70-37-60(46-25-23-45(24-26-46)44-13-3-2-4-14-44)62(56-18-8-5-17-55(50)56)42-82(70)74(75)73-61-34-52(78)36-67(80)72(61)69-30-28-48-41-83(69)76(64,73)39-65(75)58-20-10-7-16-54(48)58/h2-31,33-42,73-74H,1,32H2/q+3/b50-38+,64-31?. The van der Waals surface area contributed by atoms with Crippen LogP contribution in [0.15, 0.2) is 250 Å². The minimum Gasteiger partial charge on any atom is -0.207 e. The van der Waals surface area contributed by atoms with Crippen LogP contribution in [0.4, 0.5) is 17.6 Å². The second-order valence-electron chi connectivity index (χ2n) is 23.2. The molecule has 0 radical (unpaired) electrons. The van der Waals surface area contributed by atoms with Gasteiger partial charge < -0.3 is 0 Å². The Morgan fingerprint density at radius 2 is 1.02 bits per heavy atom. The van der Waals surface area contributed by atoms with Crippen LogP contribution in [-0.2, 0) is 17.4 Å². The fourth-order valence-corrected chi connectivity index (χ4v) is 16.0. The van der Waals surface area contributed by atoms with Crippen molar-refractivity contribution >= 4 is 22.4 Å². The lowest BCUT2D eigenvalue weighted by atomic mass is 9.48. The van der Waals surface area contributed by atoms with Crippen LogP contribution in [0.5, 0.6) is 0 Å². The Balaban J connectivity index is 1.10. The number of hydrogen-bond acceptors (Lipinski definition) is 0. The van der Waals surface area contributed by atoms with Gasteiger partial charge in [-0.15, -0.1) is 0 Å². The van der Waals surface area contributed by atoms with E-state index in [-0.39, 0.29) is 12.0 Å². The smallest absolute Gasteiger partial charge is 0.207 e. The lowest BCUT2D eigenvalue weighted by Gasteiger charge is -2.54. The van der Waals surface area contributed by atoms with Gasteiger partial charge in [0.2, 0.25) is 28.3 Å². The Morgan fingerprint density at radius 1 is 0.434 bits per heavy atom. The van der Waals surface area contributed by atoms with E-state index in [1.807, 2.05) is 47.2 Å². The van der Waals surface area contributed by atoms with E-state index < -0.39 is 46.2 Å². The molecule has 0 saturated carbocycles. The minimum atomic E-state index is -1.29. The number of hydrogen-bond donors (Lipinski definition) is 0. The van der Waals surface area contributed by atoms with Crippen molar-refractivity contribution in [1.82, 2.24) is 0 Å². The number of nitrogens with zero attached hydrogens (tertiary/aromatic N) is 3. The summed E-state index contributed by atoms with van der Waals surface area (Å²) >= 11 is 0. The number of pyridine rings is 3. The molecule has 0 amide bonds. The second-order valence-corrected chi connectivity index (χ2v) is 23.2. The summed E-state index contributed by atoms with van der Waals surface area (Å²) in [5.74, 6) is -3.51. The van der Waals surface area contributed by atoms with Crippen molar-refractivity contribution in [3.63, 3.8) is 0 Å². The zero-order valence-electron chi connectivity index (χ0n) is 44.5. The van der Waals surface area contributed by atoms with Gasteiger partial charge in [0.25, 0.3) is 0 Å². The van der Waals surface area contributed by atoms with E-state index >= 15 is 17.6 Å². The molecular weight excluding hydrogens is 1030 g/mol. The van der Waals surface area contributed by atoms with Crippen molar-refractivity contribution in [2.75, 3.05) is 0 Å². The highest BCUT2D eigenvalue weighted by Crippen LogP contribution is 2.69. The first-order valence-corrected chi connectivity index (χ1v) is 28.3. The Bertz CT molecular complexity index is 4920. The maximum absolute atomic E-state index is 17.9. The zero-order valence-corrected chi connectivity index (χ0v) is 44.5. The molecule has 0 N–H and O–H groups in total. The van der Waals surface area contributed by atoms with Crippen LogP contribution in [0.25, 0.3) is 112 Å². The molecule has 4 unspecified atom stereocenters. The van der Waals surface area contributed by atoms with Crippen LogP contribution in [0.3, 0.4) is 0 Å². The first kappa shape index (κ1) is 46.6. The molecule has 7 heteroatoms. The average molecular weight is 1080 g/mol. The van der Waals surface area contributed by atoms with E-state index in [9.17, 15) is 0 Å². The summed E-state index contributed by atoms with van der Waals surface area (Å²) in [6.07, 6.45) is 13.6. The quantitative estimate of drug-likeness (QED) is 0.121. The van der Waals surface area contributed by atoms with E-state index in [4.69, 9.17) is 6.58 Å². The van der Waals surface area contributed by atoms with Gasteiger partial charge in [0, 0.05) is 58.7 Å². The summed E-state index contributed by atoms with van der Waals surface area (Å²) < 4.78 is 76.1. The molecule has 0 fully saturated rings. The maximum Gasteiger partial charge on any atom is 0.227 e. The molecule has 8 aromatic carbocycles. The number of aromatic nitrogens is 3. The van der Waals surface area contributed by atoms with E-state index in [0.29, 0.717) is 33.8 Å². The summed E-state index contributed by atoms with van der Waals surface area (Å²) in [5, 5.41) is 0. The lowest BCUT2D eigenvalue weighted by molar-refractivity contribution is -0.768. The first-order valence-electron chi connectivity index (χ1n) is 28.3. The van der Waals surface area contributed by atoms with Gasteiger partial charge in [0.15, 0.2) is 24.6 Å². The van der Waals surface area contributed by atoms with E-state index in [1.165, 1.54) is 6.07 Å². The van der Waals surface area contributed by atoms with Gasteiger partial charge in [0.1, 0.15) is 34.6 Å². The average Bonchev–Trinajstić information content (AvgIpc) is 1.94. The third-order valence-corrected chi connectivity index (χ3v) is 19.3. The number of fused-ring (bicyclic) bond motifs is 19. The van der Waals surface area contributed by atoms with Gasteiger partial charge in [-0.1, -0.05) is 152 Å². The summed E-state index contributed by atoms with van der Waals surface area (Å²) in [6.45, 7) is 4.87. The molecule has 7 aliphatic rings. The number of halogens is 4. The van der Waals surface area contributed by atoms with Crippen LogP contribution in [0, 0.1) is 23.3 Å². The predicted molar refractivity (Wildman–Crippen MR) is 318 cm³/mol. The van der Waals surface area contributed by atoms with Crippen molar-refractivity contribution in [3.8, 4) is 89.4 Å². The Morgan fingerprint density at radius 3 is 1.78 bits per heavy atom. The second kappa shape index (κ2) is 16.5. The third kappa shape index (κ3) is 6.10. The Labute approximate surface area is 476 Å². The van der Waals surface area contributed by atoms with E-state index in [0.717, 1.165) is 118 Å². The molecule has 11 bridgehead atoms. The molecule has 9 heterocycles. The summed E-state index contributed by atoms with van der Waals surface area (Å²) in [7, 11) is 0. The highest BCUT2D eigenvalue weighted by molar-refractivity contribution is 6.01. The van der Waals surface area contributed by atoms with Crippen molar-refractivity contribution in [1.29, 1.82) is 0 Å². The topological polar surface area (TPSA) is 11.6 Å². The van der Waals surface area contributed by atoms with Crippen molar-refractivity contribution in [2.24, 2.45) is 0 Å². The van der Waals surface area contributed by atoms with Gasteiger partial charge in [-0.2, -0.15) is 13.7 Å². The van der Waals surface area contributed by atoms with Crippen LogP contribution in [0.1, 0.15) is 45.3 Å². The third-order valence-electron chi connectivity index (χ3n) is 19.3. The molecule has 0 saturated heterocycles. The number of rotatable bonds is 2. The number of allylic oxidation sites excluding steroid dienone is 7. The molecule has 18 rings (SSSR count). The largest absolute Gasteiger partial charge is 0.227 e. The molecule has 6 aliphatic heterocycles. The first-order chi connectivity index (χ1) is 40.7. The van der Waals surface area contributed by atoms with Crippen LogP contribution in [0.2, 0.25) is 0 Å². The fraction of sp³-hybridized carbons (Fsp3) is 0.0658. The molecular formula is C76H46F4N3+3. The summed E-state index contributed by atoms with van der Waals surface area (Å²) in [5.41, 5.74) is 18.8. The maximum atomic E-state index is 17.9. The van der Waals surface area contributed by atoms with Crippen molar-refractivity contribution < 1.29 is 31.3 Å². The predicted octanol–water partition coefficient (Wildman–Crippen LogP) is 16.7. The normalized spacial score (nSPS) is 20.5. The van der Waals surface area contributed by atoms with Crippen LogP contribution in [-0.4, -0.2) is 0 Å². The summed E-state index contributed by atoms with van der Waals surface area (Å²) in [4.78, 5) is 0. The Kier molecular flexibility index (Phi) is 9.28. The molecule has 4 atom stereocenters. The van der Waals surface area contributed by atoms with Gasteiger partial charge >= 0.3 is 0 Å². The SMILES string of the molecule is C=C1C=C2c3ccccc3-c3ccc([n+]1c3)-c1c(F)cc(F)cc1C/C1=C\C34C5=CC26C(c2cc(F)cc(F)c2-c2ccc(c[n+]26)-c2ccccc25)C3[n+]2cc(c(-c3ccc(-c5ccccc5)cc3)cc2-c2ccccc24)-c2ccccc21. The van der Waals surface area contributed by atoms with Gasteiger partial charge in [-0.3, -0.25) is 0 Å². The number of benzene rings is 8. The van der Waals surface area contributed by atoms with E-state index in [2.05, 4.69) is 185 Å². The molecule has 2 spiro atoms. The lowest BCUT2D eigenvalue weighted by Crippen LogP contribution is -2.72. The van der Waals surface area contributed by atoms with Crippen molar-refractivity contribution in [2.45, 2.75) is 29.3 Å². The van der Waals surface area contributed by atoms with Crippen LogP contribution < -0.4 is 13.7 Å². The molecule has 11 aromatic rings. The van der Waals surface area contributed by atoms with E-state index in [1.54, 1.807) is 6.07 Å². The molecule has 390 valence electrons. The molecule has 83 heavy (non-hydrogen) atoms. The minimum absolute atomic E-state index is 0.0903.